The van der Waals surface area contributed by atoms with Crippen molar-refractivity contribution in [2.45, 2.75) is 59.6 Å². The van der Waals surface area contributed by atoms with Gasteiger partial charge in [0.1, 0.15) is 17.1 Å². The number of aryl methyl sites for hydroxylation is 4. The van der Waals surface area contributed by atoms with Crippen LogP contribution >= 0.6 is 11.3 Å². The van der Waals surface area contributed by atoms with Crippen LogP contribution in [0.5, 0.6) is 0 Å². The first-order valence-corrected chi connectivity index (χ1v) is 8.55. The zero-order chi connectivity index (χ0) is 16.5. The van der Waals surface area contributed by atoms with Gasteiger partial charge < -0.3 is 14.8 Å². The third kappa shape index (κ3) is 3.59. The maximum Gasteiger partial charge on any atom is 0.107 e. The van der Waals surface area contributed by atoms with E-state index in [1.807, 2.05) is 33.8 Å². The summed E-state index contributed by atoms with van der Waals surface area (Å²) in [5.41, 5.74) is 0.972. The second kappa shape index (κ2) is 6.52. The lowest BCUT2D eigenvalue weighted by atomic mass is 9.96. The lowest BCUT2D eigenvalue weighted by Crippen LogP contribution is -2.36. The molecule has 0 saturated heterocycles. The van der Waals surface area contributed by atoms with E-state index in [9.17, 15) is 5.11 Å². The minimum Gasteiger partial charge on any atom is -0.466 e. The Morgan fingerprint density at radius 1 is 1.41 bits per heavy atom. The largest absolute Gasteiger partial charge is 0.466 e. The van der Waals surface area contributed by atoms with Gasteiger partial charge in [-0.3, -0.25) is 0 Å². The number of thiazole rings is 1. The van der Waals surface area contributed by atoms with Gasteiger partial charge in [-0.05, 0) is 47.1 Å². The van der Waals surface area contributed by atoms with E-state index in [2.05, 4.69) is 24.1 Å². The number of hydrogen-bond donors (Lipinski definition) is 2. The standard InChI is InChI=1S/C17H26N2O2S/c1-7-15-19-12(4)16(22-15)11(3)18-9-17(6,20)14-8-10(2)21-13(14)5/h8,11,18,20H,7,9H2,1-6H3. The van der Waals surface area contributed by atoms with Crippen LogP contribution in [0.4, 0.5) is 0 Å². The summed E-state index contributed by atoms with van der Waals surface area (Å²) >= 11 is 1.75. The molecule has 0 aliphatic heterocycles. The van der Waals surface area contributed by atoms with E-state index in [0.29, 0.717) is 6.54 Å². The Morgan fingerprint density at radius 3 is 2.59 bits per heavy atom. The zero-order valence-electron chi connectivity index (χ0n) is 14.3. The Hall–Kier alpha value is -1.17. The first kappa shape index (κ1) is 17.2. The molecule has 0 aliphatic carbocycles. The van der Waals surface area contributed by atoms with Gasteiger partial charge >= 0.3 is 0 Å². The molecule has 4 nitrogen and oxygen atoms in total. The van der Waals surface area contributed by atoms with Gasteiger partial charge in [0, 0.05) is 23.0 Å². The van der Waals surface area contributed by atoms with Crippen LogP contribution in [0.1, 0.15) is 59.5 Å². The number of furan rings is 1. The van der Waals surface area contributed by atoms with Crippen LogP contribution in [-0.4, -0.2) is 16.6 Å². The molecule has 2 atom stereocenters. The number of hydrogen-bond acceptors (Lipinski definition) is 5. The van der Waals surface area contributed by atoms with Crippen molar-refractivity contribution in [3.63, 3.8) is 0 Å². The summed E-state index contributed by atoms with van der Waals surface area (Å²) < 4.78 is 5.53. The van der Waals surface area contributed by atoms with Crippen LogP contribution in [0.2, 0.25) is 0 Å². The smallest absolute Gasteiger partial charge is 0.107 e. The van der Waals surface area contributed by atoms with Crippen LogP contribution in [0.25, 0.3) is 0 Å². The van der Waals surface area contributed by atoms with Crippen molar-refractivity contribution in [2.75, 3.05) is 6.54 Å². The van der Waals surface area contributed by atoms with Gasteiger partial charge in [0.05, 0.1) is 10.7 Å². The van der Waals surface area contributed by atoms with Gasteiger partial charge in [0.25, 0.3) is 0 Å². The second-order valence-corrected chi connectivity index (χ2v) is 7.23. The molecular weight excluding hydrogens is 296 g/mol. The minimum atomic E-state index is -0.956. The van der Waals surface area contributed by atoms with Crippen LogP contribution in [0.15, 0.2) is 10.5 Å². The highest BCUT2D eigenvalue weighted by Crippen LogP contribution is 2.29. The average molecular weight is 322 g/mol. The molecule has 0 bridgehead atoms. The predicted molar refractivity (Wildman–Crippen MR) is 90.4 cm³/mol. The average Bonchev–Trinajstić information content (AvgIpc) is 2.99. The summed E-state index contributed by atoms with van der Waals surface area (Å²) in [6, 6.07) is 2.08. The van der Waals surface area contributed by atoms with Gasteiger partial charge in [-0.15, -0.1) is 11.3 Å². The lowest BCUT2D eigenvalue weighted by Gasteiger charge is -2.25. The molecule has 0 spiro atoms. The first-order chi connectivity index (χ1) is 10.2. The molecule has 2 rings (SSSR count). The molecule has 0 aliphatic rings. The SMILES string of the molecule is CCc1nc(C)c(C(C)NCC(C)(O)c2cc(C)oc2C)s1. The highest BCUT2D eigenvalue weighted by atomic mass is 32.1. The lowest BCUT2D eigenvalue weighted by molar-refractivity contribution is 0.0530. The maximum atomic E-state index is 10.8. The van der Waals surface area contributed by atoms with Crippen molar-refractivity contribution in [1.82, 2.24) is 10.3 Å². The van der Waals surface area contributed by atoms with Crippen molar-refractivity contribution in [3.8, 4) is 0 Å². The maximum absolute atomic E-state index is 10.8. The topological polar surface area (TPSA) is 58.3 Å². The molecular formula is C17H26N2O2S. The second-order valence-electron chi connectivity index (χ2n) is 6.11. The van der Waals surface area contributed by atoms with Crippen molar-refractivity contribution in [2.24, 2.45) is 0 Å². The molecule has 122 valence electrons. The van der Waals surface area contributed by atoms with E-state index in [4.69, 9.17) is 4.42 Å². The van der Waals surface area contributed by atoms with Crippen molar-refractivity contribution >= 4 is 11.3 Å². The Morgan fingerprint density at radius 2 is 2.09 bits per heavy atom. The Labute approximate surface area is 136 Å². The van der Waals surface area contributed by atoms with E-state index in [-0.39, 0.29) is 6.04 Å². The summed E-state index contributed by atoms with van der Waals surface area (Å²) in [5.74, 6) is 1.60. The van der Waals surface area contributed by atoms with E-state index in [1.54, 1.807) is 11.3 Å². The van der Waals surface area contributed by atoms with Gasteiger partial charge in [0.15, 0.2) is 0 Å². The molecule has 0 fully saturated rings. The molecule has 0 saturated carbocycles. The molecule has 2 aromatic rings. The number of nitrogens with one attached hydrogen (secondary N) is 1. The van der Waals surface area contributed by atoms with E-state index >= 15 is 0 Å². The Balaban J connectivity index is 2.07. The third-order valence-corrected chi connectivity index (χ3v) is 5.43. The summed E-state index contributed by atoms with van der Waals surface area (Å²) in [7, 11) is 0. The van der Waals surface area contributed by atoms with Crippen molar-refractivity contribution in [3.05, 3.63) is 38.7 Å². The summed E-state index contributed by atoms with van der Waals surface area (Å²) in [6.07, 6.45) is 0.962. The van der Waals surface area contributed by atoms with Gasteiger partial charge in [-0.2, -0.15) is 0 Å². The van der Waals surface area contributed by atoms with Crippen molar-refractivity contribution < 1.29 is 9.52 Å². The van der Waals surface area contributed by atoms with E-state index < -0.39 is 5.60 Å². The quantitative estimate of drug-likeness (QED) is 0.849. The summed E-state index contributed by atoms with van der Waals surface area (Å²) in [6.45, 7) is 12.4. The van der Waals surface area contributed by atoms with E-state index in [1.165, 1.54) is 4.88 Å². The predicted octanol–water partition coefficient (Wildman–Crippen LogP) is 3.78. The fourth-order valence-corrected chi connectivity index (χ4v) is 3.76. The monoisotopic (exact) mass is 322 g/mol. The van der Waals surface area contributed by atoms with Crippen molar-refractivity contribution in [1.29, 1.82) is 0 Å². The number of aromatic nitrogens is 1. The molecule has 2 aromatic heterocycles. The molecule has 22 heavy (non-hydrogen) atoms. The summed E-state index contributed by atoms with van der Waals surface area (Å²) in [4.78, 5) is 5.81. The normalized spacial score (nSPS) is 15.8. The van der Waals surface area contributed by atoms with Crippen LogP contribution in [0.3, 0.4) is 0 Å². The van der Waals surface area contributed by atoms with Crippen LogP contribution in [0, 0.1) is 20.8 Å². The zero-order valence-corrected chi connectivity index (χ0v) is 15.1. The molecule has 0 amide bonds. The number of rotatable bonds is 6. The van der Waals surface area contributed by atoms with Crippen LogP contribution < -0.4 is 5.32 Å². The van der Waals surface area contributed by atoms with E-state index in [0.717, 1.165) is 34.2 Å². The molecule has 2 unspecified atom stereocenters. The van der Waals surface area contributed by atoms with Gasteiger partial charge in [0.2, 0.25) is 0 Å². The number of aliphatic hydroxyl groups is 1. The highest BCUT2D eigenvalue weighted by Gasteiger charge is 2.28. The molecule has 5 heteroatoms. The third-order valence-electron chi connectivity index (χ3n) is 3.95. The van der Waals surface area contributed by atoms with Gasteiger partial charge in [-0.1, -0.05) is 6.92 Å². The molecule has 2 N–H and O–H groups in total. The molecule has 0 radical (unpaired) electrons. The summed E-state index contributed by atoms with van der Waals surface area (Å²) in [5, 5.41) is 15.4. The minimum absolute atomic E-state index is 0.164. The fourth-order valence-electron chi connectivity index (χ4n) is 2.72. The van der Waals surface area contributed by atoms with Crippen LogP contribution in [-0.2, 0) is 12.0 Å². The first-order valence-electron chi connectivity index (χ1n) is 7.74. The Bertz CT molecular complexity index is 643. The van der Waals surface area contributed by atoms with Gasteiger partial charge in [-0.25, -0.2) is 4.98 Å². The fraction of sp³-hybridized carbons (Fsp3) is 0.588. The number of nitrogens with zero attached hydrogens (tertiary/aromatic N) is 1. The molecule has 2 heterocycles. The Kier molecular flexibility index (Phi) is 5.10. The highest BCUT2D eigenvalue weighted by molar-refractivity contribution is 7.11. The molecule has 0 aromatic carbocycles.